The molecule has 0 aliphatic carbocycles. The van der Waals surface area contributed by atoms with Crippen LogP contribution in [0.4, 0.5) is 14.6 Å². The lowest BCUT2D eigenvalue weighted by atomic mass is 10.2. The highest BCUT2D eigenvalue weighted by Gasteiger charge is 2.51. The van der Waals surface area contributed by atoms with Crippen LogP contribution in [0, 0.1) is 0 Å². The van der Waals surface area contributed by atoms with Crippen molar-refractivity contribution in [1.29, 1.82) is 0 Å². The first-order chi connectivity index (χ1) is 10.2. The zero-order chi connectivity index (χ0) is 16.9. The number of hydrogen-bond acceptors (Lipinski definition) is 7. The van der Waals surface area contributed by atoms with Gasteiger partial charge in [-0.1, -0.05) is 0 Å². The Balaban J connectivity index is 0.000000422. The Hall–Kier alpha value is -2.11. The number of anilines is 1. The van der Waals surface area contributed by atoms with E-state index >= 15 is 0 Å². The monoisotopic (exact) mass is 322 g/mol. The number of halogens is 2. The van der Waals surface area contributed by atoms with Crippen molar-refractivity contribution in [3.05, 3.63) is 22.7 Å². The quantitative estimate of drug-likeness (QED) is 0.539. The molecule has 1 fully saturated rings. The number of nitrogen functional groups attached to an aromatic ring is 1. The number of nitrogens with two attached hydrogens (primary N) is 2. The predicted octanol–water partition coefficient (Wildman–Crippen LogP) is -1.23. The van der Waals surface area contributed by atoms with E-state index in [4.69, 9.17) is 20.7 Å². The van der Waals surface area contributed by atoms with E-state index in [1.807, 2.05) is 0 Å². The average molecular weight is 322 g/mol. The summed E-state index contributed by atoms with van der Waals surface area (Å²) in [6.45, 7) is -0.802. The van der Waals surface area contributed by atoms with E-state index in [9.17, 15) is 18.4 Å². The first-order valence-electron chi connectivity index (χ1n) is 6.12. The Labute approximate surface area is 123 Å². The first kappa shape index (κ1) is 17.9. The number of hydrogen-bond donors (Lipinski definition) is 4. The molecule has 2 unspecified atom stereocenters. The largest absolute Gasteiger partial charge is 0.480 e. The summed E-state index contributed by atoms with van der Waals surface area (Å²) >= 11 is 0. The molecule has 124 valence electrons. The Bertz CT molecular complexity index is 580. The van der Waals surface area contributed by atoms with Crippen molar-refractivity contribution < 1.29 is 28.5 Å². The van der Waals surface area contributed by atoms with Crippen LogP contribution in [0.1, 0.15) is 12.6 Å². The number of aliphatic hydroxyl groups excluding tert-OH is 1. The molecule has 9 nitrogen and oxygen atoms in total. The van der Waals surface area contributed by atoms with Crippen molar-refractivity contribution >= 4 is 11.8 Å². The molecule has 0 bridgehead atoms. The molecular weight excluding hydrogens is 306 g/mol. The molecule has 1 aromatic rings. The summed E-state index contributed by atoms with van der Waals surface area (Å²) in [5.41, 5.74) is 8.92. The van der Waals surface area contributed by atoms with Crippen molar-refractivity contribution in [2.45, 2.75) is 24.7 Å². The SMILES string of the molecule is NCC(=O)O.Nc1ccn(C2OC(CO)CC2(F)F)c(=O)n1. The fraction of sp³-hybridized carbons (Fsp3) is 0.545. The van der Waals surface area contributed by atoms with Crippen LogP contribution in [0.3, 0.4) is 0 Å². The lowest BCUT2D eigenvalue weighted by Crippen LogP contribution is -2.35. The van der Waals surface area contributed by atoms with E-state index in [2.05, 4.69) is 10.7 Å². The van der Waals surface area contributed by atoms with Gasteiger partial charge in [-0.15, -0.1) is 0 Å². The number of carboxylic acid groups (broad SMARTS) is 1. The molecule has 1 saturated heterocycles. The first-order valence-corrected chi connectivity index (χ1v) is 6.12. The Kier molecular flexibility index (Phi) is 5.91. The van der Waals surface area contributed by atoms with E-state index in [0.717, 1.165) is 6.20 Å². The third-order valence-corrected chi connectivity index (χ3v) is 2.66. The number of alkyl halides is 2. The van der Waals surface area contributed by atoms with Crippen molar-refractivity contribution in [2.24, 2.45) is 5.73 Å². The molecule has 0 saturated carbocycles. The number of rotatable bonds is 3. The minimum Gasteiger partial charge on any atom is -0.480 e. The van der Waals surface area contributed by atoms with Crippen LogP contribution in [0.25, 0.3) is 0 Å². The molecule has 0 amide bonds. The minimum absolute atomic E-state index is 0.0497. The van der Waals surface area contributed by atoms with E-state index < -0.39 is 42.9 Å². The van der Waals surface area contributed by atoms with Crippen molar-refractivity contribution in [3.8, 4) is 0 Å². The summed E-state index contributed by atoms with van der Waals surface area (Å²) in [5, 5.41) is 16.4. The highest BCUT2D eigenvalue weighted by Crippen LogP contribution is 2.41. The highest BCUT2D eigenvalue weighted by molar-refractivity contribution is 5.68. The van der Waals surface area contributed by atoms with Crippen molar-refractivity contribution in [1.82, 2.24) is 9.55 Å². The fourth-order valence-corrected chi connectivity index (χ4v) is 1.72. The van der Waals surface area contributed by atoms with E-state index in [1.165, 1.54) is 6.07 Å². The summed E-state index contributed by atoms with van der Waals surface area (Å²) in [4.78, 5) is 24.0. The predicted molar refractivity (Wildman–Crippen MR) is 70.2 cm³/mol. The maximum atomic E-state index is 13.6. The van der Waals surface area contributed by atoms with Crippen molar-refractivity contribution in [2.75, 3.05) is 18.9 Å². The number of ether oxygens (including phenoxy) is 1. The van der Waals surface area contributed by atoms with Gasteiger partial charge in [-0.05, 0) is 6.07 Å². The molecule has 1 aliphatic rings. The van der Waals surface area contributed by atoms with E-state index in [-0.39, 0.29) is 12.4 Å². The minimum atomic E-state index is -3.23. The van der Waals surface area contributed by atoms with Gasteiger partial charge in [0.25, 0.3) is 5.92 Å². The van der Waals surface area contributed by atoms with Crippen LogP contribution in [0.2, 0.25) is 0 Å². The topological polar surface area (TPSA) is 154 Å². The Morgan fingerprint density at radius 1 is 1.59 bits per heavy atom. The van der Waals surface area contributed by atoms with Gasteiger partial charge in [0.15, 0.2) is 0 Å². The van der Waals surface area contributed by atoms with E-state index in [1.54, 1.807) is 0 Å². The summed E-state index contributed by atoms with van der Waals surface area (Å²) in [7, 11) is 0. The highest BCUT2D eigenvalue weighted by atomic mass is 19.3. The van der Waals surface area contributed by atoms with Crippen molar-refractivity contribution in [3.63, 3.8) is 0 Å². The molecule has 2 heterocycles. The summed E-state index contributed by atoms with van der Waals surface area (Å²) in [6, 6.07) is 1.23. The van der Waals surface area contributed by atoms with Gasteiger partial charge in [-0.25, -0.2) is 13.6 Å². The number of carbonyl (C=O) groups is 1. The van der Waals surface area contributed by atoms with Gasteiger partial charge in [-0.2, -0.15) is 4.98 Å². The second-order valence-electron chi connectivity index (χ2n) is 4.40. The third kappa shape index (κ3) is 4.44. The van der Waals surface area contributed by atoms with Gasteiger partial charge in [0.1, 0.15) is 5.82 Å². The van der Waals surface area contributed by atoms with Crippen LogP contribution in [0.5, 0.6) is 0 Å². The second-order valence-corrected chi connectivity index (χ2v) is 4.40. The van der Waals surface area contributed by atoms with Crippen LogP contribution in [0.15, 0.2) is 17.1 Å². The smallest absolute Gasteiger partial charge is 0.351 e. The zero-order valence-corrected chi connectivity index (χ0v) is 11.4. The number of carboxylic acids is 1. The Morgan fingerprint density at radius 2 is 2.18 bits per heavy atom. The molecule has 22 heavy (non-hydrogen) atoms. The molecule has 1 aliphatic heterocycles. The average Bonchev–Trinajstić information content (AvgIpc) is 2.74. The number of aliphatic hydroxyl groups is 1. The zero-order valence-electron chi connectivity index (χ0n) is 11.4. The van der Waals surface area contributed by atoms with E-state index in [0.29, 0.717) is 4.57 Å². The molecular formula is C11H16F2N4O5. The second kappa shape index (κ2) is 7.24. The van der Waals surface area contributed by atoms with Gasteiger partial charge < -0.3 is 26.4 Å². The molecule has 2 atom stereocenters. The molecule has 2 rings (SSSR count). The van der Waals surface area contributed by atoms with Crippen LogP contribution >= 0.6 is 0 Å². The normalized spacial score (nSPS) is 22.7. The lowest BCUT2D eigenvalue weighted by Gasteiger charge is -2.19. The molecule has 0 radical (unpaired) electrons. The molecule has 0 spiro atoms. The lowest BCUT2D eigenvalue weighted by molar-refractivity contribution is -0.135. The van der Waals surface area contributed by atoms with Gasteiger partial charge in [-0.3, -0.25) is 9.36 Å². The molecule has 6 N–H and O–H groups in total. The molecule has 11 heteroatoms. The number of aliphatic carboxylic acids is 1. The van der Waals surface area contributed by atoms with Gasteiger partial charge >= 0.3 is 11.7 Å². The van der Waals surface area contributed by atoms with Crippen LogP contribution in [-0.4, -0.2) is 50.9 Å². The maximum absolute atomic E-state index is 13.6. The maximum Gasteiger partial charge on any atom is 0.351 e. The third-order valence-electron chi connectivity index (χ3n) is 2.66. The number of nitrogens with zero attached hydrogens (tertiary/aromatic N) is 2. The fourth-order valence-electron chi connectivity index (χ4n) is 1.72. The van der Waals surface area contributed by atoms with Crippen LogP contribution in [-0.2, 0) is 9.53 Å². The summed E-state index contributed by atoms with van der Waals surface area (Å²) in [5.74, 6) is -4.24. The van der Waals surface area contributed by atoms with Gasteiger partial charge in [0, 0.05) is 12.6 Å². The molecule has 0 aromatic carbocycles. The summed E-state index contributed by atoms with van der Waals surface area (Å²) in [6.07, 6.45) is -2.27. The van der Waals surface area contributed by atoms with Gasteiger partial charge in [0.2, 0.25) is 6.23 Å². The van der Waals surface area contributed by atoms with Gasteiger partial charge in [0.05, 0.1) is 19.3 Å². The Morgan fingerprint density at radius 3 is 2.59 bits per heavy atom. The molecule has 1 aromatic heterocycles. The van der Waals surface area contributed by atoms with Crippen LogP contribution < -0.4 is 17.2 Å². The standard InChI is InChI=1S/C9H11F2N3O3.C2H5NO2/c10-9(11)3-5(4-15)17-7(9)14-2-1-6(12)13-8(14)16;3-1-2(4)5/h1-2,5,7,15H,3-4H2,(H2,12,13,16);1,3H2,(H,4,5). The summed E-state index contributed by atoms with van der Waals surface area (Å²) < 4.78 is 32.7. The number of aromatic nitrogens is 2.